The first-order valence-electron chi connectivity index (χ1n) is 8.89. The topological polar surface area (TPSA) is 145 Å². The molecule has 1 aromatic heterocycles. The molecular formula is C16H23N3O9S2. The monoisotopic (exact) mass is 465 g/mol. The number of hydrogen-bond donors (Lipinski definition) is 2. The Morgan fingerprint density at radius 1 is 0.667 bits per heavy atom. The highest BCUT2D eigenvalue weighted by atomic mass is 32.1. The van der Waals surface area contributed by atoms with E-state index in [2.05, 4.69) is 25.3 Å². The number of rotatable bonds is 12. The molecule has 0 atom stereocenters. The number of esters is 3. The number of ether oxygens (including phenoxy) is 3. The molecule has 0 aromatic carbocycles. The van der Waals surface area contributed by atoms with Crippen LogP contribution >= 0.6 is 25.3 Å². The summed E-state index contributed by atoms with van der Waals surface area (Å²) < 4.78 is 16.6. The van der Waals surface area contributed by atoms with E-state index in [1.165, 1.54) is 0 Å². The molecule has 0 saturated carbocycles. The highest BCUT2D eigenvalue weighted by Gasteiger charge is 2.16. The van der Waals surface area contributed by atoms with E-state index < -0.39 is 35.0 Å². The lowest BCUT2D eigenvalue weighted by atomic mass is 10.5. The van der Waals surface area contributed by atoms with Gasteiger partial charge in [0, 0.05) is 6.42 Å². The average molecular weight is 466 g/mol. The number of thiol groups is 2. The second kappa shape index (κ2) is 13.0. The fourth-order valence-electron chi connectivity index (χ4n) is 2.20. The summed E-state index contributed by atoms with van der Waals surface area (Å²) in [6.45, 7) is -0.205. The standard InChI is InChI=1S/C16H23N3O9S2/c1-2-11(20)26-6-3-17-14(23)18(4-7-27-12(21)9-29)16(25)19(15(17)24)5-8-28-13(22)10-30/h29-30H,2-10H2,1H3. The SMILES string of the molecule is CCC(=O)OCCn1c(=O)n(CCOC(=O)CS)c(=O)n(CCOC(=O)CS)c1=O. The van der Waals surface area contributed by atoms with Crippen LogP contribution in [0.1, 0.15) is 13.3 Å². The lowest BCUT2D eigenvalue weighted by Gasteiger charge is -2.14. The van der Waals surface area contributed by atoms with E-state index in [0.29, 0.717) is 13.7 Å². The normalized spacial score (nSPS) is 10.5. The van der Waals surface area contributed by atoms with E-state index in [0.717, 1.165) is 0 Å². The van der Waals surface area contributed by atoms with Crippen LogP contribution in [-0.2, 0) is 48.2 Å². The third-order valence-electron chi connectivity index (χ3n) is 3.67. The number of carbonyl (C=O) groups is 3. The summed E-state index contributed by atoms with van der Waals surface area (Å²) in [6.07, 6.45) is 0.117. The van der Waals surface area contributed by atoms with Crippen molar-refractivity contribution >= 4 is 43.2 Å². The molecule has 0 unspecified atom stereocenters. The molecular weight excluding hydrogens is 442 g/mol. The molecule has 1 aromatic rings. The Labute approximate surface area is 181 Å². The molecule has 0 aliphatic carbocycles. The number of hydrogen-bond acceptors (Lipinski definition) is 11. The van der Waals surface area contributed by atoms with Crippen molar-refractivity contribution in [2.24, 2.45) is 0 Å². The molecule has 1 rings (SSSR count). The maximum Gasteiger partial charge on any atom is 0.336 e. The summed E-state index contributed by atoms with van der Waals surface area (Å²) in [5.41, 5.74) is -2.87. The molecule has 0 amide bonds. The van der Waals surface area contributed by atoms with Crippen LogP contribution in [0.15, 0.2) is 14.4 Å². The Bertz CT molecular complexity index is 786. The third-order valence-corrected chi connectivity index (χ3v) is 4.18. The Kier molecular flexibility index (Phi) is 11.0. The van der Waals surface area contributed by atoms with E-state index in [-0.39, 0.29) is 57.4 Å². The molecule has 1 heterocycles. The Hall–Kier alpha value is -2.48. The zero-order valence-corrected chi connectivity index (χ0v) is 18.1. The van der Waals surface area contributed by atoms with E-state index in [9.17, 15) is 28.8 Å². The molecule has 0 N–H and O–H groups in total. The average Bonchev–Trinajstić information content (AvgIpc) is 2.74. The minimum Gasteiger partial charge on any atom is -0.464 e. The van der Waals surface area contributed by atoms with Crippen molar-refractivity contribution < 1.29 is 28.6 Å². The summed E-state index contributed by atoms with van der Waals surface area (Å²) >= 11 is 7.49. The molecule has 0 fully saturated rings. The van der Waals surface area contributed by atoms with Gasteiger partial charge in [-0.05, 0) is 0 Å². The largest absolute Gasteiger partial charge is 0.464 e. The molecule has 12 nitrogen and oxygen atoms in total. The molecule has 0 aliphatic heterocycles. The van der Waals surface area contributed by atoms with Crippen molar-refractivity contribution in [2.45, 2.75) is 33.0 Å². The molecule has 0 spiro atoms. The van der Waals surface area contributed by atoms with Gasteiger partial charge in [0.15, 0.2) is 0 Å². The fraction of sp³-hybridized carbons (Fsp3) is 0.625. The van der Waals surface area contributed by atoms with Gasteiger partial charge in [-0.25, -0.2) is 28.1 Å². The molecule has 0 bridgehead atoms. The van der Waals surface area contributed by atoms with Crippen molar-refractivity contribution in [2.75, 3.05) is 31.3 Å². The molecule has 0 saturated heterocycles. The Morgan fingerprint density at radius 3 is 1.23 bits per heavy atom. The summed E-state index contributed by atoms with van der Waals surface area (Å²) in [5, 5.41) is 0. The van der Waals surface area contributed by atoms with Crippen LogP contribution in [0.4, 0.5) is 0 Å². The van der Waals surface area contributed by atoms with E-state index in [1.54, 1.807) is 6.92 Å². The second-order valence-electron chi connectivity index (χ2n) is 5.63. The van der Waals surface area contributed by atoms with Gasteiger partial charge in [0.2, 0.25) is 0 Å². The van der Waals surface area contributed by atoms with Crippen LogP contribution in [0.3, 0.4) is 0 Å². The van der Waals surface area contributed by atoms with Gasteiger partial charge in [0.25, 0.3) is 0 Å². The first kappa shape index (κ1) is 25.6. The highest BCUT2D eigenvalue weighted by molar-refractivity contribution is 7.81. The zero-order chi connectivity index (χ0) is 22.7. The predicted molar refractivity (Wildman–Crippen MR) is 110 cm³/mol. The van der Waals surface area contributed by atoms with Gasteiger partial charge < -0.3 is 14.2 Å². The summed E-state index contributed by atoms with van der Waals surface area (Å²) in [5.74, 6) is -2.18. The van der Waals surface area contributed by atoms with Crippen molar-refractivity contribution in [3.8, 4) is 0 Å². The Balaban J connectivity index is 3.20. The van der Waals surface area contributed by atoms with Gasteiger partial charge in [-0.15, -0.1) is 0 Å². The van der Waals surface area contributed by atoms with Gasteiger partial charge in [0.1, 0.15) is 19.8 Å². The lowest BCUT2D eigenvalue weighted by Crippen LogP contribution is -2.55. The van der Waals surface area contributed by atoms with Crippen LogP contribution in [0, 0.1) is 0 Å². The van der Waals surface area contributed by atoms with Crippen molar-refractivity contribution in [1.29, 1.82) is 0 Å². The summed E-state index contributed by atoms with van der Waals surface area (Å²) in [4.78, 5) is 71.5. The van der Waals surface area contributed by atoms with Crippen LogP contribution in [0.5, 0.6) is 0 Å². The first-order valence-corrected chi connectivity index (χ1v) is 10.2. The first-order chi connectivity index (χ1) is 14.3. The maximum absolute atomic E-state index is 12.6. The van der Waals surface area contributed by atoms with Gasteiger partial charge in [-0.2, -0.15) is 25.3 Å². The van der Waals surface area contributed by atoms with Crippen LogP contribution in [-0.4, -0.2) is 62.9 Å². The van der Waals surface area contributed by atoms with Gasteiger partial charge in [0.05, 0.1) is 31.1 Å². The van der Waals surface area contributed by atoms with Crippen LogP contribution in [0.2, 0.25) is 0 Å². The number of carbonyl (C=O) groups excluding carboxylic acids is 3. The van der Waals surface area contributed by atoms with E-state index in [4.69, 9.17) is 14.2 Å². The molecule has 14 heteroatoms. The van der Waals surface area contributed by atoms with Crippen LogP contribution < -0.4 is 17.1 Å². The van der Waals surface area contributed by atoms with Crippen molar-refractivity contribution in [3.05, 3.63) is 31.5 Å². The predicted octanol–water partition coefficient (Wildman–Crippen LogP) is -1.93. The van der Waals surface area contributed by atoms with Gasteiger partial charge >= 0.3 is 35.0 Å². The maximum atomic E-state index is 12.6. The lowest BCUT2D eigenvalue weighted by molar-refractivity contribution is -0.143. The zero-order valence-electron chi connectivity index (χ0n) is 16.3. The van der Waals surface area contributed by atoms with Crippen molar-refractivity contribution in [1.82, 2.24) is 13.7 Å². The van der Waals surface area contributed by atoms with Crippen molar-refractivity contribution in [3.63, 3.8) is 0 Å². The smallest absolute Gasteiger partial charge is 0.336 e. The third kappa shape index (κ3) is 7.40. The second-order valence-corrected chi connectivity index (χ2v) is 6.27. The number of nitrogens with zero attached hydrogens (tertiary/aromatic N) is 3. The molecule has 30 heavy (non-hydrogen) atoms. The minimum absolute atomic E-state index is 0.117. The highest BCUT2D eigenvalue weighted by Crippen LogP contribution is 1.88. The summed E-state index contributed by atoms with van der Waals surface area (Å²) in [6, 6.07) is 0. The molecule has 168 valence electrons. The van der Waals surface area contributed by atoms with E-state index >= 15 is 0 Å². The van der Waals surface area contributed by atoms with Gasteiger partial charge in [-0.1, -0.05) is 6.92 Å². The number of aromatic nitrogens is 3. The fourth-order valence-corrected chi connectivity index (χ4v) is 2.38. The Morgan fingerprint density at radius 2 is 0.967 bits per heavy atom. The molecule has 0 aliphatic rings. The van der Waals surface area contributed by atoms with Gasteiger partial charge in [-0.3, -0.25) is 14.4 Å². The van der Waals surface area contributed by atoms with E-state index in [1.807, 2.05) is 0 Å². The van der Waals surface area contributed by atoms with Crippen LogP contribution in [0.25, 0.3) is 0 Å². The molecule has 0 radical (unpaired) electrons. The quantitative estimate of drug-likeness (QED) is 0.205. The summed E-state index contributed by atoms with van der Waals surface area (Å²) in [7, 11) is 0. The minimum atomic E-state index is -0.962.